The number of nitrogens with zero attached hydrogens (tertiary/aromatic N) is 1. The number of ether oxygens (including phenoxy) is 2. The molecule has 9 heteroatoms. The molecule has 1 unspecified atom stereocenters. The lowest BCUT2D eigenvalue weighted by atomic mass is 9.80. The Morgan fingerprint density at radius 3 is 2.53 bits per heavy atom. The van der Waals surface area contributed by atoms with Gasteiger partial charge in [-0.3, -0.25) is 9.69 Å². The van der Waals surface area contributed by atoms with Crippen molar-refractivity contribution < 1.29 is 27.8 Å². The Morgan fingerprint density at radius 2 is 1.94 bits per heavy atom. The van der Waals surface area contributed by atoms with Gasteiger partial charge in [-0.2, -0.15) is 8.78 Å². The van der Waals surface area contributed by atoms with Crippen molar-refractivity contribution in [3.8, 4) is 0 Å². The first-order chi connectivity index (χ1) is 17.0. The average molecular weight is 525 g/mol. The van der Waals surface area contributed by atoms with Crippen molar-refractivity contribution in [3.05, 3.63) is 46.7 Å². The van der Waals surface area contributed by atoms with Gasteiger partial charge in [-0.15, -0.1) is 0 Å². The zero-order valence-electron chi connectivity index (χ0n) is 21.7. The van der Waals surface area contributed by atoms with Crippen molar-refractivity contribution in [2.75, 3.05) is 13.7 Å². The monoisotopic (exact) mass is 524 g/mol. The normalized spacial score (nSPS) is 24.9. The van der Waals surface area contributed by atoms with E-state index in [0.29, 0.717) is 68.6 Å². The van der Waals surface area contributed by atoms with Crippen LogP contribution in [0.25, 0.3) is 0 Å². The third kappa shape index (κ3) is 6.63. The lowest BCUT2D eigenvalue weighted by molar-refractivity contribution is -0.135. The van der Waals surface area contributed by atoms with E-state index in [1.54, 1.807) is 33.4 Å². The molecule has 2 atom stereocenters. The van der Waals surface area contributed by atoms with E-state index in [1.807, 2.05) is 19.2 Å². The maximum atomic E-state index is 14.7. The molecule has 0 saturated heterocycles. The molecule has 1 fully saturated rings. The van der Waals surface area contributed by atoms with E-state index >= 15 is 0 Å². The fourth-order valence-corrected chi connectivity index (χ4v) is 5.44. The summed E-state index contributed by atoms with van der Waals surface area (Å²) >= 11 is 0. The molecule has 0 spiro atoms. The summed E-state index contributed by atoms with van der Waals surface area (Å²) in [4.78, 5) is 25.7. The number of carbonyl (C=O) groups is 2. The third-order valence-electron chi connectivity index (χ3n) is 7.43. The summed E-state index contributed by atoms with van der Waals surface area (Å²) in [6.07, 6.45) is 6.48. The number of aryl methyl sites for hydroxylation is 1. The second-order valence-corrected chi connectivity index (χ2v) is 11.2. The largest absolute Gasteiger partial charge is 0.465 e. The van der Waals surface area contributed by atoms with E-state index in [-0.39, 0.29) is 23.7 Å². The molecule has 2 aliphatic rings. The van der Waals surface area contributed by atoms with E-state index in [1.165, 1.54) is 0 Å². The minimum Gasteiger partial charge on any atom is -0.465 e. The number of hydrogen-bond acceptors (Lipinski definition) is 4. The van der Waals surface area contributed by atoms with Crippen LogP contribution in [0, 0.1) is 5.92 Å². The molecular formula is C27H39F2N2O4P. The van der Waals surface area contributed by atoms with Crippen molar-refractivity contribution in [2.45, 2.75) is 89.1 Å². The summed E-state index contributed by atoms with van der Waals surface area (Å²) in [5.74, 6) is 0.403. The SMILES string of the molecule is COCCC1=CN(C2CCC(OC=O)CC2)C(=O)N[C@@]1(C)c1ccc(CCC(C)C)c(C(F)(F)P)c1. The molecule has 200 valence electrons. The number of alkyl halides is 2. The lowest BCUT2D eigenvalue weighted by Crippen LogP contribution is -2.56. The van der Waals surface area contributed by atoms with Gasteiger partial charge >= 0.3 is 6.03 Å². The molecule has 0 bridgehead atoms. The second-order valence-electron chi connectivity index (χ2n) is 10.4. The summed E-state index contributed by atoms with van der Waals surface area (Å²) in [5, 5.41) is 3.12. The number of halogens is 2. The van der Waals surface area contributed by atoms with Crippen molar-refractivity contribution in [1.29, 1.82) is 0 Å². The van der Waals surface area contributed by atoms with Crippen LogP contribution in [0.15, 0.2) is 30.0 Å². The van der Waals surface area contributed by atoms with Crippen LogP contribution in [0.4, 0.5) is 13.6 Å². The fraction of sp³-hybridized carbons (Fsp3) is 0.630. The molecule has 1 N–H and O–H groups in total. The summed E-state index contributed by atoms with van der Waals surface area (Å²) in [6, 6.07) is 4.89. The smallest absolute Gasteiger partial charge is 0.322 e. The number of carbonyl (C=O) groups excluding carboxylic acids is 2. The summed E-state index contributed by atoms with van der Waals surface area (Å²) in [6.45, 7) is 6.93. The van der Waals surface area contributed by atoms with Crippen LogP contribution in [-0.2, 0) is 31.9 Å². The molecular weight excluding hydrogens is 485 g/mol. The number of benzene rings is 1. The molecule has 0 aromatic heterocycles. The standard InChI is InChI=1S/C27H39F2N2O4P/c1-18(2)5-6-19-7-8-20(15-24(19)27(28,29)36)26(3)21(13-14-34-4)16-31(25(33)30-26)22-9-11-23(12-10-22)35-17-32/h7-8,15-18,22-23H,5-6,9-14,36H2,1-4H3,(H,30,33)/t22?,23?,26-/m0/s1. The maximum absolute atomic E-state index is 14.7. The van der Waals surface area contributed by atoms with E-state index in [9.17, 15) is 18.4 Å². The van der Waals surface area contributed by atoms with Crippen molar-refractivity contribution >= 4 is 21.7 Å². The molecule has 1 saturated carbocycles. The maximum Gasteiger partial charge on any atom is 0.322 e. The molecule has 1 aromatic carbocycles. The molecule has 1 aromatic rings. The van der Waals surface area contributed by atoms with Gasteiger partial charge in [0.05, 0.1) is 12.1 Å². The number of urea groups is 1. The number of amides is 2. The topological polar surface area (TPSA) is 67.9 Å². The van der Waals surface area contributed by atoms with Crippen molar-refractivity contribution in [3.63, 3.8) is 0 Å². The molecule has 0 radical (unpaired) electrons. The Kier molecular flexibility index (Phi) is 9.50. The van der Waals surface area contributed by atoms with Gasteiger partial charge in [0.1, 0.15) is 6.10 Å². The highest BCUT2D eigenvalue weighted by molar-refractivity contribution is 7.17. The Bertz CT molecular complexity index is 958. The quantitative estimate of drug-likeness (QED) is 0.292. The van der Waals surface area contributed by atoms with Gasteiger partial charge in [-0.05, 0) is 80.6 Å². The first-order valence-electron chi connectivity index (χ1n) is 12.7. The molecule has 1 aliphatic heterocycles. The summed E-state index contributed by atoms with van der Waals surface area (Å²) in [7, 11) is 3.27. The molecule has 1 heterocycles. The lowest BCUT2D eigenvalue weighted by Gasteiger charge is -2.44. The van der Waals surface area contributed by atoms with Crippen LogP contribution >= 0.6 is 9.24 Å². The first-order valence-corrected chi connectivity index (χ1v) is 13.3. The highest BCUT2D eigenvalue weighted by Gasteiger charge is 2.42. The molecule has 1 aliphatic carbocycles. The minimum atomic E-state index is -3.08. The van der Waals surface area contributed by atoms with Gasteiger partial charge in [-0.1, -0.05) is 35.2 Å². The predicted molar refractivity (Wildman–Crippen MR) is 139 cm³/mol. The summed E-state index contributed by atoms with van der Waals surface area (Å²) in [5.41, 5.74) is -1.93. The van der Waals surface area contributed by atoms with Gasteiger partial charge in [0.2, 0.25) is 0 Å². The van der Waals surface area contributed by atoms with Crippen LogP contribution < -0.4 is 5.32 Å². The molecule has 2 amide bonds. The van der Waals surface area contributed by atoms with E-state index in [0.717, 1.165) is 12.0 Å². The van der Waals surface area contributed by atoms with Crippen LogP contribution in [0.1, 0.15) is 76.0 Å². The zero-order chi connectivity index (χ0) is 26.5. The highest BCUT2D eigenvalue weighted by Crippen LogP contribution is 2.42. The number of methoxy groups -OCH3 is 1. The minimum absolute atomic E-state index is 0.0241. The Balaban J connectivity index is 1.95. The Hall–Kier alpha value is -2.05. The predicted octanol–water partition coefficient (Wildman–Crippen LogP) is 5.84. The van der Waals surface area contributed by atoms with Crippen LogP contribution in [0.5, 0.6) is 0 Å². The van der Waals surface area contributed by atoms with Crippen LogP contribution in [-0.4, -0.2) is 43.3 Å². The average Bonchev–Trinajstić information content (AvgIpc) is 2.82. The number of nitrogens with one attached hydrogen (secondary N) is 1. The first kappa shape index (κ1) is 28.5. The Morgan fingerprint density at radius 1 is 1.25 bits per heavy atom. The van der Waals surface area contributed by atoms with Gasteiger partial charge in [-0.25, -0.2) is 4.79 Å². The third-order valence-corrected chi connectivity index (χ3v) is 7.74. The van der Waals surface area contributed by atoms with Crippen molar-refractivity contribution in [2.24, 2.45) is 5.92 Å². The van der Waals surface area contributed by atoms with Crippen LogP contribution in [0.2, 0.25) is 0 Å². The zero-order valence-corrected chi connectivity index (χ0v) is 22.8. The van der Waals surface area contributed by atoms with E-state index in [2.05, 4.69) is 19.2 Å². The Labute approximate surface area is 215 Å². The summed E-state index contributed by atoms with van der Waals surface area (Å²) < 4.78 is 39.8. The van der Waals surface area contributed by atoms with Gasteiger partial charge < -0.3 is 14.8 Å². The fourth-order valence-electron chi connectivity index (χ4n) is 5.17. The number of rotatable bonds is 11. The molecule has 36 heavy (non-hydrogen) atoms. The number of hydrogen-bond donors (Lipinski definition) is 1. The van der Waals surface area contributed by atoms with Crippen molar-refractivity contribution in [1.82, 2.24) is 10.2 Å². The molecule has 3 rings (SSSR count). The molecule has 6 nitrogen and oxygen atoms in total. The highest BCUT2D eigenvalue weighted by atomic mass is 31.0. The van der Waals surface area contributed by atoms with Gasteiger partial charge in [0.15, 0.2) is 0 Å². The van der Waals surface area contributed by atoms with E-state index < -0.39 is 11.2 Å². The van der Waals surface area contributed by atoms with Gasteiger partial charge in [0, 0.05) is 24.9 Å². The van der Waals surface area contributed by atoms with Gasteiger partial charge in [0.25, 0.3) is 12.1 Å². The van der Waals surface area contributed by atoms with E-state index in [4.69, 9.17) is 9.47 Å². The van der Waals surface area contributed by atoms with Crippen LogP contribution in [0.3, 0.4) is 0 Å². The second kappa shape index (κ2) is 12.0.